The molecule has 1 aromatic heterocycles. The normalized spacial score (nSPS) is 26.4. The summed E-state index contributed by atoms with van der Waals surface area (Å²) in [6, 6.07) is 13.8. The van der Waals surface area contributed by atoms with Gasteiger partial charge in [0, 0.05) is 84.7 Å². The maximum Gasteiger partial charge on any atom is 0.319 e. The molecule has 5 fully saturated rings. The number of terminal acetylenes is 1. The Bertz CT molecular complexity index is 1900. The van der Waals surface area contributed by atoms with Crippen molar-refractivity contribution < 1.29 is 19.0 Å². The van der Waals surface area contributed by atoms with Gasteiger partial charge in [-0.25, -0.2) is 4.39 Å². The Morgan fingerprint density at radius 3 is 2.70 bits per heavy atom. The molecule has 0 radical (unpaired) electrons. The number of halogens is 1. The molecule has 5 heterocycles. The van der Waals surface area contributed by atoms with Crippen molar-refractivity contribution in [1.82, 2.24) is 25.5 Å². The molecule has 0 spiro atoms. The van der Waals surface area contributed by atoms with Gasteiger partial charge in [-0.05, 0) is 60.9 Å². The highest BCUT2D eigenvalue weighted by Gasteiger charge is 2.48. The van der Waals surface area contributed by atoms with E-state index >= 15 is 4.39 Å². The number of piperazine rings is 1. The molecule has 4 saturated heterocycles. The quantitative estimate of drug-likeness (QED) is 0.261. The highest BCUT2D eigenvalue weighted by atomic mass is 19.1. The van der Waals surface area contributed by atoms with Crippen molar-refractivity contribution in [1.29, 1.82) is 0 Å². The summed E-state index contributed by atoms with van der Waals surface area (Å²) in [5.74, 6) is 2.99. The molecule has 2 bridgehead atoms. The lowest BCUT2D eigenvalue weighted by molar-refractivity contribution is 0.0169. The van der Waals surface area contributed by atoms with Crippen molar-refractivity contribution >= 4 is 27.5 Å². The van der Waals surface area contributed by atoms with Crippen molar-refractivity contribution in [2.24, 2.45) is 5.41 Å². The number of morpholine rings is 1. The monoisotopic (exact) mass is 634 g/mol. The number of anilines is 1. The van der Waals surface area contributed by atoms with E-state index in [9.17, 15) is 5.11 Å². The van der Waals surface area contributed by atoms with Gasteiger partial charge in [0.25, 0.3) is 0 Å². The summed E-state index contributed by atoms with van der Waals surface area (Å²) >= 11 is 0. The van der Waals surface area contributed by atoms with Gasteiger partial charge in [0.1, 0.15) is 17.1 Å². The predicted octanol–water partition coefficient (Wildman–Crippen LogP) is 4.05. The molecular formula is C37H39FN6O3. The molecule has 3 aromatic carbocycles. The Morgan fingerprint density at radius 1 is 1.06 bits per heavy atom. The molecule has 4 aromatic rings. The molecule has 3 N–H and O–H groups in total. The summed E-state index contributed by atoms with van der Waals surface area (Å²) in [6.07, 6.45) is 10.5. The Labute approximate surface area is 273 Å². The Balaban J connectivity index is 1.08. The summed E-state index contributed by atoms with van der Waals surface area (Å²) in [5, 5.41) is 20.0. The van der Waals surface area contributed by atoms with E-state index in [4.69, 9.17) is 25.9 Å². The van der Waals surface area contributed by atoms with Crippen LogP contribution in [0.25, 0.3) is 32.8 Å². The maximum absolute atomic E-state index is 16.9. The van der Waals surface area contributed by atoms with Crippen molar-refractivity contribution in [2.75, 3.05) is 57.4 Å². The lowest BCUT2D eigenvalue weighted by atomic mass is 9.93. The van der Waals surface area contributed by atoms with Crippen LogP contribution < -0.4 is 20.3 Å². The second kappa shape index (κ2) is 11.3. The van der Waals surface area contributed by atoms with Crippen LogP contribution in [0, 0.1) is 23.6 Å². The number of fused-ring (bicyclic) bond motifs is 5. The standard InChI is InChI=1S/C37H39FN6O3/c1-2-22-4-3-5-23-14-26(45)15-29(32(22)23)27-8-9-28-34(33(27)38)41-36(42-35(28)44-16-24-6-7-25(17-44)40-24)47-21-37(10-11-37)20-43-18-30-31(19-43)46-13-12-39-30/h1,3-5,8-9,14-15,24-25,30-31,39-40,45H,6-7,10-13,16-21H2. The minimum atomic E-state index is -0.485. The maximum atomic E-state index is 16.9. The fourth-order valence-corrected chi connectivity index (χ4v) is 8.37. The fourth-order valence-electron chi connectivity index (χ4n) is 8.37. The van der Waals surface area contributed by atoms with Crippen molar-refractivity contribution in [2.45, 2.75) is 49.9 Å². The van der Waals surface area contributed by atoms with Crippen LogP contribution in [0.5, 0.6) is 11.8 Å². The van der Waals surface area contributed by atoms with Gasteiger partial charge in [0.05, 0.1) is 19.3 Å². The minimum Gasteiger partial charge on any atom is -0.508 e. The first-order valence-corrected chi connectivity index (χ1v) is 16.9. The number of ether oxygens (including phenoxy) is 2. The van der Waals surface area contributed by atoms with Crippen LogP contribution >= 0.6 is 0 Å². The third-order valence-electron chi connectivity index (χ3n) is 10.9. The van der Waals surface area contributed by atoms with Gasteiger partial charge in [0.2, 0.25) is 0 Å². The first-order valence-electron chi connectivity index (χ1n) is 16.9. The number of nitrogens with zero attached hydrogens (tertiary/aromatic N) is 4. The topological polar surface area (TPSA) is 95.0 Å². The highest BCUT2D eigenvalue weighted by molar-refractivity contribution is 6.04. The van der Waals surface area contributed by atoms with E-state index in [1.54, 1.807) is 18.2 Å². The van der Waals surface area contributed by atoms with Crippen LogP contribution in [0.3, 0.4) is 0 Å². The van der Waals surface area contributed by atoms with E-state index < -0.39 is 5.82 Å². The summed E-state index contributed by atoms with van der Waals surface area (Å²) in [6.45, 7) is 6.60. The SMILES string of the molecule is C#Cc1cccc2cc(O)cc(-c3ccc4c(N5CC6CCC(C5)N6)nc(OCC5(CN6CC7NCCOC7C6)CC5)nc4c3F)c12. The zero-order valence-corrected chi connectivity index (χ0v) is 26.3. The molecule has 9 rings (SSSR count). The van der Waals surface area contributed by atoms with E-state index in [0.29, 0.717) is 58.0 Å². The molecule has 242 valence electrons. The molecule has 4 unspecified atom stereocenters. The van der Waals surface area contributed by atoms with Crippen LogP contribution in [0.1, 0.15) is 31.2 Å². The molecule has 4 atom stereocenters. The van der Waals surface area contributed by atoms with E-state index in [2.05, 4.69) is 26.4 Å². The molecule has 5 aliphatic rings. The summed E-state index contributed by atoms with van der Waals surface area (Å²) in [7, 11) is 0. The Morgan fingerprint density at radius 2 is 1.91 bits per heavy atom. The second-order valence-corrected chi connectivity index (χ2v) is 14.2. The van der Waals surface area contributed by atoms with Gasteiger partial charge >= 0.3 is 6.01 Å². The molecule has 0 amide bonds. The average Bonchev–Trinajstić information content (AvgIpc) is 3.59. The largest absolute Gasteiger partial charge is 0.508 e. The van der Waals surface area contributed by atoms with E-state index in [1.165, 1.54) is 0 Å². The molecule has 10 heteroatoms. The van der Waals surface area contributed by atoms with Gasteiger partial charge in [-0.3, -0.25) is 4.90 Å². The number of aromatic hydroxyl groups is 1. The Kier molecular flexibility index (Phi) is 7.01. The number of rotatable bonds is 7. The lowest BCUT2D eigenvalue weighted by Crippen LogP contribution is -2.51. The third-order valence-corrected chi connectivity index (χ3v) is 10.9. The van der Waals surface area contributed by atoms with Crippen molar-refractivity contribution in [3.63, 3.8) is 0 Å². The molecule has 9 nitrogen and oxygen atoms in total. The average molecular weight is 635 g/mol. The number of phenols is 1. The fraction of sp³-hybridized carbons (Fsp3) is 0.459. The first kappa shape index (κ1) is 29.2. The van der Waals surface area contributed by atoms with Gasteiger partial charge in [-0.1, -0.05) is 24.1 Å². The zero-order chi connectivity index (χ0) is 31.7. The van der Waals surface area contributed by atoms with E-state index in [0.717, 1.165) is 76.9 Å². The second-order valence-electron chi connectivity index (χ2n) is 14.2. The third kappa shape index (κ3) is 5.26. The van der Waals surface area contributed by atoms with Crippen LogP contribution in [0.2, 0.25) is 0 Å². The number of hydrogen-bond donors (Lipinski definition) is 3. The molecule has 47 heavy (non-hydrogen) atoms. The summed E-state index contributed by atoms with van der Waals surface area (Å²) < 4.78 is 29.3. The van der Waals surface area contributed by atoms with Crippen LogP contribution in [0.15, 0.2) is 42.5 Å². The van der Waals surface area contributed by atoms with Gasteiger partial charge in [-0.15, -0.1) is 6.42 Å². The van der Waals surface area contributed by atoms with Crippen molar-refractivity contribution in [3.8, 4) is 35.2 Å². The number of benzene rings is 3. The number of nitrogens with one attached hydrogen (secondary N) is 2. The first-order chi connectivity index (χ1) is 22.9. The van der Waals surface area contributed by atoms with Crippen LogP contribution in [0.4, 0.5) is 10.2 Å². The molecule has 1 aliphatic carbocycles. The van der Waals surface area contributed by atoms with Gasteiger partial charge < -0.3 is 30.1 Å². The highest BCUT2D eigenvalue weighted by Crippen LogP contribution is 2.47. The van der Waals surface area contributed by atoms with E-state index in [1.807, 2.05) is 24.3 Å². The smallest absolute Gasteiger partial charge is 0.319 e. The van der Waals surface area contributed by atoms with Crippen molar-refractivity contribution in [3.05, 3.63) is 53.8 Å². The van der Waals surface area contributed by atoms with Crippen LogP contribution in [-0.4, -0.2) is 96.7 Å². The van der Waals surface area contributed by atoms with E-state index in [-0.39, 0.29) is 28.8 Å². The number of phenolic OH excluding ortho intramolecular Hbond substituents is 1. The molecule has 1 saturated carbocycles. The number of aromatic nitrogens is 2. The van der Waals surface area contributed by atoms with Gasteiger partial charge in [-0.2, -0.15) is 9.97 Å². The molecular weight excluding hydrogens is 595 g/mol. The zero-order valence-electron chi connectivity index (χ0n) is 26.3. The van der Waals surface area contributed by atoms with Crippen LogP contribution in [-0.2, 0) is 4.74 Å². The van der Waals surface area contributed by atoms with Gasteiger partial charge in [0.15, 0.2) is 5.82 Å². The minimum absolute atomic E-state index is 0.0344. The summed E-state index contributed by atoms with van der Waals surface area (Å²) in [4.78, 5) is 14.5. The Hall–Kier alpha value is -4.01. The predicted molar refractivity (Wildman–Crippen MR) is 179 cm³/mol. The number of hydrogen-bond acceptors (Lipinski definition) is 9. The lowest BCUT2D eigenvalue weighted by Gasteiger charge is -2.34. The number of likely N-dealkylation sites (tertiary alicyclic amines) is 1. The summed E-state index contributed by atoms with van der Waals surface area (Å²) in [5.41, 5.74) is 1.72. The molecule has 4 aliphatic heterocycles.